The van der Waals surface area contributed by atoms with E-state index >= 15 is 0 Å². The molecule has 2 aliphatic heterocycles. The molecule has 29 heavy (non-hydrogen) atoms. The van der Waals surface area contributed by atoms with E-state index in [1.54, 1.807) is 0 Å². The van der Waals surface area contributed by atoms with Gasteiger partial charge in [-0.05, 0) is 56.9 Å². The van der Waals surface area contributed by atoms with Crippen molar-refractivity contribution in [2.24, 2.45) is 5.92 Å². The first kappa shape index (κ1) is 18.1. The summed E-state index contributed by atoms with van der Waals surface area (Å²) in [6.45, 7) is 5.48. The van der Waals surface area contributed by atoms with E-state index in [9.17, 15) is 4.79 Å². The van der Waals surface area contributed by atoms with Crippen LogP contribution in [0.3, 0.4) is 0 Å². The van der Waals surface area contributed by atoms with Gasteiger partial charge in [0.25, 0.3) is 0 Å². The lowest BCUT2D eigenvalue weighted by Gasteiger charge is -2.34. The lowest BCUT2D eigenvalue weighted by molar-refractivity contribution is -0.134. The second kappa shape index (κ2) is 7.46. The van der Waals surface area contributed by atoms with E-state index in [4.69, 9.17) is 4.98 Å². The van der Waals surface area contributed by atoms with E-state index in [1.807, 2.05) is 42.2 Å². The fourth-order valence-electron chi connectivity index (χ4n) is 4.44. The van der Waals surface area contributed by atoms with E-state index < -0.39 is 0 Å². The largest absolute Gasteiger partial charge is 0.356 e. The molecule has 5 rings (SSSR count). The van der Waals surface area contributed by atoms with E-state index in [-0.39, 0.29) is 5.92 Å². The highest BCUT2D eigenvalue weighted by Gasteiger charge is 2.31. The van der Waals surface area contributed by atoms with Crippen LogP contribution in [-0.2, 0) is 4.79 Å². The summed E-state index contributed by atoms with van der Waals surface area (Å²) >= 11 is 0. The first-order chi connectivity index (χ1) is 14.2. The lowest BCUT2D eigenvalue weighted by atomic mass is 9.96. The summed E-state index contributed by atoms with van der Waals surface area (Å²) in [4.78, 5) is 34.4. The number of piperidine rings is 1. The van der Waals surface area contributed by atoms with Gasteiger partial charge in [0.2, 0.25) is 5.91 Å². The standard InChI is InChI=1S/C22H26N6O/c1-15-6-4-8-17(23-15)20-24-18-9-10-19(25-21(18)26-20)28-13-5-7-16(14-28)22(29)27-11-2-3-12-27/h4,6,8-10,16H,2-3,5,7,11-14H2,1H3,(H,24,25,26). The monoisotopic (exact) mass is 390 g/mol. The average Bonchev–Trinajstić information content (AvgIpc) is 3.43. The van der Waals surface area contributed by atoms with Crippen LogP contribution >= 0.6 is 0 Å². The maximum Gasteiger partial charge on any atom is 0.227 e. The number of rotatable bonds is 3. The van der Waals surface area contributed by atoms with Crippen molar-refractivity contribution in [1.82, 2.24) is 24.8 Å². The number of nitrogens with zero attached hydrogens (tertiary/aromatic N) is 5. The number of carbonyl (C=O) groups excluding carboxylic acids is 1. The molecule has 7 heteroatoms. The zero-order valence-electron chi connectivity index (χ0n) is 16.8. The Labute approximate surface area is 170 Å². The van der Waals surface area contributed by atoms with Crippen LogP contribution in [0.25, 0.3) is 22.7 Å². The molecular formula is C22H26N6O. The number of H-pyrrole nitrogens is 1. The molecular weight excluding hydrogens is 364 g/mol. The molecule has 1 N–H and O–H groups in total. The second-order valence-corrected chi connectivity index (χ2v) is 8.11. The van der Waals surface area contributed by atoms with Crippen molar-refractivity contribution in [1.29, 1.82) is 0 Å². The number of fused-ring (bicyclic) bond motifs is 1. The van der Waals surface area contributed by atoms with E-state index in [1.165, 1.54) is 0 Å². The molecule has 0 aliphatic carbocycles. The summed E-state index contributed by atoms with van der Waals surface area (Å²) in [6.07, 6.45) is 4.26. The van der Waals surface area contributed by atoms with Crippen LogP contribution in [0.1, 0.15) is 31.4 Å². The van der Waals surface area contributed by atoms with Crippen LogP contribution in [0.4, 0.5) is 5.82 Å². The fourth-order valence-corrected chi connectivity index (χ4v) is 4.44. The summed E-state index contributed by atoms with van der Waals surface area (Å²) in [7, 11) is 0. The molecule has 0 spiro atoms. The third kappa shape index (κ3) is 3.57. The van der Waals surface area contributed by atoms with Crippen LogP contribution in [0.15, 0.2) is 30.3 Å². The van der Waals surface area contributed by atoms with Crippen LogP contribution in [0, 0.1) is 12.8 Å². The number of aromatic amines is 1. The third-order valence-corrected chi connectivity index (χ3v) is 5.97. The molecule has 0 saturated carbocycles. The minimum Gasteiger partial charge on any atom is -0.356 e. The van der Waals surface area contributed by atoms with E-state index in [2.05, 4.69) is 19.9 Å². The Morgan fingerprint density at radius 3 is 2.72 bits per heavy atom. The summed E-state index contributed by atoms with van der Waals surface area (Å²) in [5.41, 5.74) is 3.36. The number of amides is 1. The Morgan fingerprint density at radius 1 is 1.03 bits per heavy atom. The lowest BCUT2D eigenvalue weighted by Crippen LogP contribution is -2.44. The number of aryl methyl sites for hydroxylation is 1. The van der Waals surface area contributed by atoms with Gasteiger partial charge in [-0.15, -0.1) is 0 Å². The predicted molar refractivity (Wildman–Crippen MR) is 113 cm³/mol. The first-order valence-corrected chi connectivity index (χ1v) is 10.5. The number of aromatic nitrogens is 4. The molecule has 3 aromatic heterocycles. The number of carbonyl (C=O) groups is 1. The number of pyridine rings is 2. The number of likely N-dealkylation sites (tertiary alicyclic amines) is 1. The zero-order valence-corrected chi connectivity index (χ0v) is 16.8. The normalized spacial score (nSPS) is 19.8. The number of anilines is 1. The highest BCUT2D eigenvalue weighted by atomic mass is 16.2. The summed E-state index contributed by atoms with van der Waals surface area (Å²) < 4.78 is 0. The molecule has 0 bridgehead atoms. The minimum absolute atomic E-state index is 0.0746. The van der Waals surface area contributed by atoms with Gasteiger partial charge in [-0.25, -0.2) is 15.0 Å². The molecule has 1 atom stereocenters. The number of hydrogen-bond acceptors (Lipinski definition) is 5. The Bertz CT molecular complexity index is 1040. The van der Waals surface area contributed by atoms with Crippen LogP contribution in [0.2, 0.25) is 0 Å². The van der Waals surface area contributed by atoms with Crippen molar-refractivity contribution >= 4 is 22.9 Å². The molecule has 1 amide bonds. The second-order valence-electron chi connectivity index (χ2n) is 8.11. The Balaban J connectivity index is 1.37. The van der Waals surface area contributed by atoms with Gasteiger partial charge in [0.15, 0.2) is 11.5 Å². The van der Waals surface area contributed by atoms with Crippen molar-refractivity contribution in [3.05, 3.63) is 36.0 Å². The van der Waals surface area contributed by atoms with Crippen molar-refractivity contribution in [3.8, 4) is 11.5 Å². The quantitative estimate of drug-likeness (QED) is 0.743. The van der Waals surface area contributed by atoms with Gasteiger partial charge in [0, 0.05) is 31.9 Å². The number of nitrogens with one attached hydrogen (secondary N) is 1. The van der Waals surface area contributed by atoms with Gasteiger partial charge in [0.05, 0.1) is 11.4 Å². The van der Waals surface area contributed by atoms with Gasteiger partial charge < -0.3 is 14.8 Å². The third-order valence-electron chi connectivity index (χ3n) is 5.97. The molecule has 2 saturated heterocycles. The molecule has 2 fully saturated rings. The Kier molecular flexibility index (Phi) is 4.66. The Morgan fingerprint density at radius 2 is 1.90 bits per heavy atom. The van der Waals surface area contributed by atoms with Crippen LogP contribution in [0.5, 0.6) is 0 Å². The molecule has 3 aromatic rings. The molecule has 5 heterocycles. The topological polar surface area (TPSA) is 78.0 Å². The first-order valence-electron chi connectivity index (χ1n) is 10.5. The molecule has 150 valence electrons. The van der Waals surface area contributed by atoms with Crippen LogP contribution in [-0.4, -0.2) is 56.9 Å². The molecule has 0 radical (unpaired) electrons. The van der Waals surface area contributed by atoms with Crippen molar-refractivity contribution in [2.75, 3.05) is 31.1 Å². The van der Waals surface area contributed by atoms with Gasteiger partial charge in [0.1, 0.15) is 11.5 Å². The smallest absolute Gasteiger partial charge is 0.227 e. The maximum atomic E-state index is 12.8. The van der Waals surface area contributed by atoms with Crippen molar-refractivity contribution < 1.29 is 4.79 Å². The van der Waals surface area contributed by atoms with E-state index in [0.717, 1.165) is 80.4 Å². The van der Waals surface area contributed by atoms with Crippen molar-refractivity contribution in [3.63, 3.8) is 0 Å². The molecule has 1 unspecified atom stereocenters. The summed E-state index contributed by atoms with van der Waals surface area (Å²) in [5, 5.41) is 0. The van der Waals surface area contributed by atoms with Gasteiger partial charge in [-0.3, -0.25) is 4.79 Å². The highest BCUT2D eigenvalue weighted by Crippen LogP contribution is 2.26. The van der Waals surface area contributed by atoms with Crippen LogP contribution < -0.4 is 4.90 Å². The number of hydrogen-bond donors (Lipinski definition) is 1. The average molecular weight is 390 g/mol. The molecule has 2 aliphatic rings. The van der Waals surface area contributed by atoms with Gasteiger partial charge in [-0.1, -0.05) is 6.07 Å². The summed E-state index contributed by atoms with van der Waals surface area (Å²) in [5.74, 6) is 2.02. The van der Waals surface area contributed by atoms with E-state index in [0.29, 0.717) is 11.6 Å². The zero-order chi connectivity index (χ0) is 19.8. The molecule has 0 aromatic carbocycles. The number of imidazole rings is 1. The van der Waals surface area contributed by atoms with Gasteiger partial charge >= 0.3 is 0 Å². The van der Waals surface area contributed by atoms with Gasteiger partial charge in [-0.2, -0.15) is 0 Å². The summed E-state index contributed by atoms with van der Waals surface area (Å²) in [6, 6.07) is 9.95. The molecule has 7 nitrogen and oxygen atoms in total. The maximum absolute atomic E-state index is 12.8. The predicted octanol–water partition coefficient (Wildman–Crippen LogP) is 3.17. The Hall–Kier alpha value is -2.96. The fraction of sp³-hybridized carbons (Fsp3) is 0.455. The van der Waals surface area contributed by atoms with Crippen molar-refractivity contribution in [2.45, 2.75) is 32.6 Å². The minimum atomic E-state index is 0.0746. The SMILES string of the molecule is Cc1cccc(-c2nc3nc(N4CCCC(C(=O)N5CCCC5)C4)ccc3[nH]2)n1. The highest BCUT2D eigenvalue weighted by molar-refractivity contribution is 5.80.